The number of likely N-dealkylation sites (tertiary alicyclic amines) is 1. The first kappa shape index (κ1) is 15.8. The molecule has 1 fully saturated rings. The van der Waals surface area contributed by atoms with Crippen molar-refractivity contribution >= 4 is 5.91 Å². The highest BCUT2D eigenvalue weighted by atomic mass is 16.5. The molecule has 0 saturated carbocycles. The van der Waals surface area contributed by atoms with Gasteiger partial charge < -0.3 is 9.42 Å². The molecule has 1 amide bonds. The molecule has 6 heteroatoms. The molecule has 0 spiro atoms. The molecule has 0 bridgehead atoms. The van der Waals surface area contributed by atoms with Crippen molar-refractivity contribution in [1.82, 2.24) is 19.8 Å². The molecule has 1 unspecified atom stereocenters. The normalized spacial score (nSPS) is 18.7. The lowest BCUT2D eigenvalue weighted by molar-refractivity contribution is 0.0713. The second-order valence-corrected chi connectivity index (χ2v) is 7.25. The minimum Gasteiger partial charge on any atom is -0.359 e. The van der Waals surface area contributed by atoms with Gasteiger partial charge in [-0.25, -0.2) is 0 Å². The van der Waals surface area contributed by atoms with Gasteiger partial charge in [-0.05, 0) is 47.5 Å². The molecular formula is C17H24N4O2. The number of amides is 1. The van der Waals surface area contributed by atoms with Gasteiger partial charge in [-0.1, -0.05) is 5.16 Å². The van der Waals surface area contributed by atoms with Crippen LogP contribution < -0.4 is 0 Å². The molecule has 6 nitrogen and oxygen atoms in total. The molecule has 0 N–H and O–H groups in total. The lowest BCUT2D eigenvalue weighted by Gasteiger charge is -2.24. The number of aryl methyl sites for hydroxylation is 1. The van der Waals surface area contributed by atoms with E-state index >= 15 is 0 Å². The van der Waals surface area contributed by atoms with Gasteiger partial charge in [0.1, 0.15) is 0 Å². The standard InChI is InChI=1S/C17H24N4O2/c1-11-9-15(23-19-11)14-7-6-8-20(14)16(22)13-10-18-21(12(13)2)17(3,4)5/h9-10,14H,6-8H2,1-5H3. The first-order valence-electron chi connectivity index (χ1n) is 8.08. The van der Waals surface area contributed by atoms with Gasteiger partial charge in [0.15, 0.2) is 5.76 Å². The summed E-state index contributed by atoms with van der Waals surface area (Å²) < 4.78 is 7.30. The minimum atomic E-state index is -0.144. The van der Waals surface area contributed by atoms with Crippen molar-refractivity contribution in [3.8, 4) is 0 Å². The number of hydrogen-bond donors (Lipinski definition) is 0. The summed E-state index contributed by atoms with van der Waals surface area (Å²) in [6.07, 6.45) is 3.57. The van der Waals surface area contributed by atoms with Gasteiger partial charge in [-0.15, -0.1) is 0 Å². The Bertz CT molecular complexity index is 723. The molecule has 1 saturated heterocycles. The summed E-state index contributed by atoms with van der Waals surface area (Å²) >= 11 is 0. The number of hydrogen-bond acceptors (Lipinski definition) is 4. The van der Waals surface area contributed by atoms with Crippen LogP contribution in [0.4, 0.5) is 0 Å². The van der Waals surface area contributed by atoms with E-state index in [9.17, 15) is 4.79 Å². The molecule has 1 aliphatic heterocycles. The number of aromatic nitrogens is 3. The van der Waals surface area contributed by atoms with Crippen LogP contribution in [-0.4, -0.2) is 32.3 Å². The molecular weight excluding hydrogens is 292 g/mol. The summed E-state index contributed by atoms with van der Waals surface area (Å²) in [5.41, 5.74) is 2.27. The van der Waals surface area contributed by atoms with Crippen LogP contribution >= 0.6 is 0 Å². The van der Waals surface area contributed by atoms with E-state index in [0.29, 0.717) is 5.56 Å². The van der Waals surface area contributed by atoms with E-state index in [4.69, 9.17) is 4.52 Å². The Labute approximate surface area is 136 Å². The summed E-state index contributed by atoms with van der Waals surface area (Å²) in [5, 5.41) is 8.37. The van der Waals surface area contributed by atoms with Crippen LogP contribution in [-0.2, 0) is 5.54 Å². The molecule has 0 radical (unpaired) electrons. The quantitative estimate of drug-likeness (QED) is 0.853. The van der Waals surface area contributed by atoms with Crippen molar-refractivity contribution in [1.29, 1.82) is 0 Å². The molecule has 2 aromatic heterocycles. The van der Waals surface area contributed by atoms with E-state index < -0.39 is 0 Å². The van der Waals surface area contributed by atoms with Gasteiger partial charge in [0, 0.05) is 18.3 Å². The SMILES string of the molecule is Cc1cc(C2CCCN2C(=O)c2cnn(C(C)(C)C)c2C)on1. The minimum absolute atomic E-state index is 0.0227. The lowest BCUT2D eigenvalue weighted by Crippen LogP contribution is -2.31. The molecule has 23 heavy (non-hydrogen) atoms. The van der Waals surface area contributed by atoms with E-state index in [0.717, 1.165) is 36.5 Å². The number of nitrogens with zero attached hydrogens (tertiary/aromatic N) is 4. The van der Waals surface area contributed by atoms with Crippen LogP contribution in [0.25, 0.3) is 0 Å². The summed E-state index contributed by atoms with van der Waals surface area (Å²) in [6, 6.07) is 1.89. The third-order valence-electron chi connectivity index (χ3n) is 4.36. The first-order valence-corrected chi connectivity index (χ1v) is 8.08. The summed E-state index contributed by atoms with van der Waals surface area (Å²) in [5.74, 6) is 0.795. The van der Waals surface area contributed by atoms with E-state index in [1.54, 1.807) is 6.20 Å². The summed E-state index contributed by atoms with van der Waals surface area (Å²) in [6.45, 7) is 10.8. The van der Waals surface area contributed by atoms with Crippen molar-refractivity contribution in [2.24, 2.45) is 0 Å². The second-order valence-electron chi connectivity index (χ2n) is 7.25. The largest absolute Gasteiger partial charge is 0.359 e. The fourth-order valence-corrected chi connectivity index (χ4v) is 3.30. The van der Waals surface area contributed by atoms with Crippen molar-refractivity contribution in [2.45, 2.75) is 59.0 Å². The highest BCUT2D eigenvalue weighted by Crippen LogP contribution is 2.34. The highest BCUT2D eigenvalue weighted by molar-refractivity contribution is 5.95. The summed E-state index contributed by atoms with van der Waals surface area (Å²) in [4.78, 5) is 14.9. The smallest absolute Gasteiger partial charge is 0.257 e. The maximum Gasteiger partial charge on any atom is 0.257 e. The predicted molar refractivity (Wildman–Crippen MR) is 86.2 cm³/mol. The molecule has 3 heterocycles. The van der Waals surface area contributed by atoms with Crippen LogP contribution in [0.3, 0.4) is 0 Å². The molecule has 124 valence electrons. The first-order chi connectivity index (χ1) is 10.8. The average molecular weight is 316 g/mol. The average Bonchev–Trinajstić information content (AvgIpc) is 3.15. The Hall–Kier alpha value is -2.11. The van der Waals surface area contributed by atoms with Crippen LogP contribution in [0, 0.1) is 13.8 Å². The fourth-order valence-electron chi connectivity index (χ4n) is 3.30. The highest BCUT2D eigenvalue weighted by Gasteiger charge is 2.35. The maximum absolute atomic E-state index is 13.0. The van der Waals surface area contributed by atoms with E-state index in [1.807, 2.05) is 29.5 Å². The molecule has 2 aromatic rings. The van der Waals surface area contributed by atoms with E-state index in [2.05, 4.69) is 31.0 Å². The molecule has 1 aliphatic rings. The Morgan fingerprint density at radius 2 is 2.09 bits per heavy atom. The topological polar surface area (TPSA) is 64.2 Å². The number of rotatable bonds is 2. The zero-order valence-electron chi connectivity index (χ0n) is 14.5. The Morgan fingerprint density at radius 1 is 1.35 bits per heavy atom. The molecule has 0 aliphatic carbocycles. The van der Waals surface area contributed by atoms with Gasteiger partial charge in [-0.3, -0.25) is 9.48 Å². The van der Waals surface area contributed by atoms with E-state index in [-0.39, 0.29) is 17.5 Å². The molecule has 3 rings (SSSR count). The third-order valence-corrected chi connectivity index (χ3v) is 4.36. The lowest BCUT2D eigenvalue weighted by atomic mass is 10.1. The van der Waals surface area contributed by atoms with Crippen LogP contribution in [0.5, 0.6) is 0 Å². The van der Waals surface area contributed by atoms with Crippen molar-refractivity contribution in [3.63, 3.8) is 0 Å². The Kier molecular flexibility index (Phi) is 3.78. The van der Waals surface area contributed by atoms with Crippen molar-refractivity contribution in [3.05, 3.63) is 35.0 Å². The fraction of sp³-hybridized carbons (Fsp3) is 0.588. The zero-order valence-corrected chi connectivity index (χ0v) is 14.5. The maximum atomic E-state index is 13.0. The van der Waals surface area contributed by atoms with Crippen molar-refractivity contribution < 1.29 is 9.32 Å². The molecule has 0 aromatic carbocycles. The van der Waals surface area contributed by atoms with Crippen LogP contribution in [0.15, 0.2) is 16.8 Å². The van der Waals surface area contributed by atoms with Gasteiger partial charge in [-0.2, -0.15) is 5.10 Å². The second kappa shape index (κ2) is 5.51. The van der Waals surface area contributed by atoms with Crippen LogP contribution in [0.1, 0.15) is 67.2 Å². The van der Waals surface area contributed by atoms with Gasteiger partial charge in [0.25, 0.3) is 5.91 Å². The predicted octanol–water partition coefficient (Wildman–Crippen LogP) is 3.22. The van der Waals surface area contributed by atoms with Crippen LogP contribution in [0.2, 0.25) is 0 Å². The molecule has 1 atom stereocenters. The van der Waals surface area contributed by atoms with Crippen molar-refractivity contribution in [2.75, 3.05) is 6.54 Å². The Balaban J connectivity index is 1.89. The Morgan fingerprint density at radius 3 is 2.65 bits per heavy atom. The number of carbonyl (C=O) groups excluding carboxylic acids is 1. The van der Waals surface area contributed by atoms with Gasteiger partial charge in [0.05, 0.1) is 29.0 Å². The van der Waals surface area contributed by atoms with Gasteiger partial charge >= 0.3 is 0 Å². The summed E-state index contributed by atoms with van der Waals surface area (Å²) in [7, 11) is 0. The number of carbonyl (C=O) groups is 1. The van der Waals surface area contributed by atoms with E-state index in [1.165, 1.54) is 0 Å². The zero-order chi connectivity index (χ0) is 16.8. The van der Waals surface area contributed by atoms with Gasteiger partial charge in [0.2, 0.25) is 0 Å². The monoisotopic (exact) mass is 316 g/mol. The third kappa shape index (κ3) is 2.78.